The standard InChI is InChI=1S/C14H12FN3OS/c15-11-2-1-3-12-10(11)6-7-18(12)8-9-4-5-13(20-9)14(19)17-16/h1-7H,8,16H2,(H,17,19). The van der Waals surface area contributed by atoms with E-state index in [9.17, 15) is 9.18 Å². The molecule has 1 amide bonds. The van der Waals surface area contributed by atoms with E-state index in [4.69, 9.17) is 5.84 Å². The second-order valence-electron chi connectivity index (χ2n) is 4.36. The number of carbonyl (C=O) groups is 1. The molecule has 0 aliphatic carbocycles. The number of halogens is 1. The lowest BCUT2D eigenvalue weighted by Gasteiger charge is -2.03. The minimum atomic E-state index is -0.301. The van der Waals surface area contributed by atoms with Crippen molar-refractivity contribution in [3.05, 3.63) is 58.2 Å². The summed E-state index contributed by atoms with van der Waals surface area (Å²) >= 11 is 1.37. The van der Waals surface area contributed by atoms with Gasteiger partial charge in [0.15, 0.2) is 0 Å². The van der Waals surface area contributed by atoms with E-state index in [2.05, 4.69) is 5.43 Å². The molecular weight excluding hydrogens is 277 g/mol. The van der Waals surface area contributed by atoms with Crippen molar-refractivity contribution in [2.24, 2.45) is 5.84 Å². The summed E-state index contributed by atoms with van der Waals surface area (Å²) in [7, 11) is 0. The first-order chi connectivity index (χ1) is 9.69. The van der Waals surface area contributed by atoms with Crippen LogP contribution in [0.25, 0.3) is 10.9 Å². The smallest absolute Gasteiger partial charge is 0.275 e. The summed E-state index contributed by atoms with van der Waals surface area (Å²) in [6.07, 6.45) is 1.84. The van der Waals surface area contributed by atoms with Gasteiger partial charge in [-0.3, -0.25) is 10.2 Å². The number of benzene rings is 1. The van der Waals surface area contributed by atoms with Crippen molar-refractivity contribution < 1.29 is 9.18 Å². The molecule has 3 N–H and O–H groups in total. The number of hydrogen-bond donors (Lipinski definition) is 2. The zero-order valence-electron chi connectivity index (χ0n) is 10.5. The molecule has 0 atom stereocenters. The summed E-state index contributed by atoms with van der Waals surface area (Å²) in [6.45, 7) is 0.593. The van der Waals surface area contributed by atoms with Crippen molar-refractivity contribution in [3.63, 3.8) is 0 Å². The number of hydrazine groups is 1. The summed E-state index contributed by atoms with van der Waals surface area (Å²) in [5, 5.41) is 0.601. The number of nitrogens with zero attached hydrogens (tertiary/aromatic N) is 1. The number of carbonyl (C=O) groups excluding carboxylic acids is 1. The molecule has 0 unspecified atom stereocenters. The van der Waals surface area contributed by atoms with Crippen molar-refractivity contribution in [1.29, 1.82) is 0 Å². The molecule has 0 radical (unpaired) electrons. The first kappa shape index (κ1) is 12.8. The van der Waals surface area contributed by atoms with Crippen LogP contribution in [0.2, 0.25) is 0 Å². The van der Waals surface area contributed by atoms with E-state index in [-0.39, 0.29) is 11.7 Å². The SMILES string of the molecule is NNC(=O)c1ccc(Cn2ccc3c(F)cccc32)s1. The molecule has 0 saturated heterocycles. The molecule has 3 rings (SSSR count). The third-order valence-electron chi connectivity index (χ3n) is 3.10. The van der Waals surface area contributed by atoms with E-state index < -0.39 is 0 Å². The summed E-state index contributed by atoms with van der Waals surface area (Å²) in [5.74, 6) is 4.57. The Kier molecular flexibility index (Phi) is 3.25. The van der Waals surface area contributed by atoms with E-state index in [0.29, 0.717) is 16.8 Å². The summed E-state index contributed by atoms with van der Waals surface area (Å²) in [5.41, 5.74) is 2.94. The zero-order chi connectivity index (χ0) is 14.1. The lowest BCUT2D eigenvalue weighted by atomic mass is 10.2. The van der Waals surface area contributed by atoms with Gasteiger partial charge in [0.05, 0.1) is 16.9 Å². The van der Waals surface area contributed by atoms with Crippen molar-refractivity contribution in [3.8, 4) is 0 Å². The largest absolute Gasteiger partial charge is 0.342 e. The molecular formula is C14H12FN3OS. The first-order valence-electron chi connectivity index (χ1n) is 6.02. The molecule has 6 heteroatoms. The number of nitrogen functional groups attached to an aromatic ring is 1. The van der Waals surface area contributed by atoms with Crippen LogP contribution in [0, 0.1) is 5.82 Å². The number of amides is 1. The van der Waals surface area contributed by atoms with Gasteiger partial charge in [-0.15, -0.1) is 11.3 Å². The number of nitrogens with two attached hydrogens (primary N) is 1. The van der Waals surface area contributed by atoms with Crippen LogP contribution in [-0.4, -0.2) is 10.5 Å². The van der Waals surface area contributed by atoms with E-state index in [1.165, 1.54) is 17.4 Å². The lowest BCUT2D eigenvalue weighted by Crippen LogP contribution is -2.29. The molecule has 2 aromatic heterocycles. The van der Waals surface area contributed by atoms with Gasteiger partial charge >= 0.3 is 0 Å². The Balaban J connectivity index is 1.92. The van der Waals surface area contributed by atoms with Crippen LogP contribution in [0.5, 0.6) is 0 Å². The van der Waals surface area contributed by atoms with Crippen molar-refractivity contribution in [1.82, 2.24) is 9.99 Å². The highest BCUT2D eigenvalue weighted by molar-refractivity contribution is 7.14. The molecule has 0 spiro atoms. The average Bonchev–Trinajstić information content (AvgIpc) is 3.07. The molecule has 1 aromatic carbocycles. The van der Waals surface area contributed by atoms with Crippen LogP contribution < -0.4 is 11.3 Å². The Hall–Kier alpha value is -2.18. The van der Waals surface area contributed by atoms with E-state index >= 15 is 0 Å². The maximum Gasteiger partial charge on any atom is 0.275 e. The van der Waals surface area contributed by atoms with Gasteiger partial charge in [-0.2, -0.15) is 0 Å². The molecule has 0 fully saturated rings. The maximum absolute atomic E-state index is 13.6. The maximum atomic E-state index is 13.6. The number of nitrogens with one attached hydrogen (secondary N) is 1. The van der Waals surface area contributed by atoms with Crippen LogP contribution in [0.3, 0.4) is 0 Å². The third kappa shape index (κ3) is 2.19. The molecule has 4 nitrogen and oxygen atoms in total. The minimum Gasteiger partial charge on any atom is -0.342 e. The first-order valence-corrected chi connectivity index (χ1v) is 6.83. The fraction of sp³-hybridized carbons (Fsp3) is 0.0714. The van der Waals surface area contributed by atoms with Gasteiger partial charge in [-0.1, -0.05) is 6.07 Å². The van der Waals surface area contributed by atoms with E-state index in [1.807, 2.05) is 22.9 Å². The van der Waals surface area contributed by atoms with Gasteiger partial charge in [0.1, 0.15) is 5.82 Å². The predicted octanol–water partition coefficient (Wildman–Crippen LogP) is 2.49. The molecule has 0 bridgehead atoms. The highest BCUT2D eigenvalue weighted by Gasteiger charge is 2.10. The Morgan fingerprint density at radius 3 is 2.95 bits per heavy atom. The Bertz CT molecular complexity index is 778. The molecule has 3 aromatic rings. The summed E-state index contributed by atoms with van der Waals surface area (Å²) < 4.78 is 15.6. The normalized spacial score (nSPS) is 10.9. The fourth-order valence-electron chi connectivity index (χ4n) is 2.15. The second kappa shape index (κ2) is 5.07. The van der Waals surface area contributed by atoms with E-state index in [1.54, 1.807) is 18.2 Å². The monoisotopic (exact) mass is 289 g/mol. The van der Waals surface area contributed by atoms with Gasteiger partial charge in [-0.05, 0) is 30.3 Å². The topological polar surface area (TPSA) is 60.0 Å². The Morgan fingerprint density at radius 2 is 2.15 bits per heavy atom. The number of hydrogen-bond acceptors (Lipinski definition) is 3. The zero-order valence-corrected chi connectivity index (χ0v) is 11.3. The highest BCUT2D eigenvalue weighted by atomic mass is 32.1. The molecule has 2 heterocycles. The van der Waals surface area contributed by atoms with Gasteiger partial charge < -0.3 is 4.57 Å². The molecule has 20 heavy (non-hydrogen) atoms. The molecule has 0 saturated carbocycles. The third-order valence-corrected chi connectivity index (χ3v) is 4.17. The van der Waals surface area contributed by atoms with Gasteiger partial charge in [0, 0.05) is 16.5 Å². The second-order valence-corrected chi connectivity index (χ2v) is 5.52. The van der Waals surface area contributed by atoms with Crippen molar-refractivity contribution in [2.75, 3.05) is 0 Å². The lowest BCUT2D eigenvalue weighted by molar-refractivity contribution is 0.0957. The number of aromatic nitrogens is 1. The van der Waals surface area contributed by atoms with Gasteiger partial charge in [0.25, 0.3) is 5.91 Å². The summed E-state index contributed by atoms with van der Waals surface area (Å²) in [6, 6.07) is 10.4. The number of fused-ring (bicyclic) bond motifs is 1. The van der Waals surface area contributed by atoms with Crippen LogP contribution in [-0.2, 0) is 6.54 Å². The number of rotatable bonds is 3. The summed E-state index contributed by atoms with van der Waals surface area (Å²) in [4.78, 5) is 13.0. The highest BCUT2D eigenvalue weighted by Crippen LogP contribution is 2.23. The minimum absolute atomic E-state index is 0.226. The van der Waals surface area contributed by atoms with Crippen LogP contribution >= 0.6 is 11.3 Å². The van der Waals surface area contributed by atoms with Gasteiger partial charge in [0.2, 0.25) is 0 Å². The molecule has 0 aliphatic rings. The van der Waals surface area contributed by atoms with Gasteiger partial charge in [-0.25, -0.2) is 10.2 Å². The molecule has 0 aliphatic heterocycles. The Labute approximate surface area is 118 Å². The molecule has 102 valence electrons. The van der Waals surface area contributed by atoms with Crippen LogP contribution in [0.15, 0.2) is 42.6 Å². The predicted molar refractivity (Wildman–Crippen MR) is 77.0 cm³/mol. The van der Waals surface area contributed by atoms with Crippen molar-refractivity contribution in [2.45, 2.75) is 6.54 Å². The van der Waals surface area contributed by atoms with E-state index in [0.717, 1.165) is 10.4 Å². The van der Waals surface area contributed by atoms with Crippen LogP contribution in [0.4, 0.5) is 4.39 Å². The van der Waals surface area contributed by atoms with Crippen LogP contribution in [0.1, 0.15) is 14.5 Å². The fourth-order valence-corrected chi connectivity index (χ4v) is 3.06. The number of thiophene rings is 1. The van der Waals surface area contributed by atoms with Crippen molar-refractivity contribution >= 4 is 28.1 Å². The quantitative estimate of drug-likeness (QED) is 0.442. The Morgan fingerprint density at radius 1 is 1.30 bits per heavy atom. The average molecular weight is 289 g/mol.